The number of aromatic nitrogens is 5. The number of rotatable bonds is 5. The number of fused-ring (bicyclic) bond motifs is 16. The van der Waals surface area contributed by atoms with E-state index in [1.165, 1.54) is 22.3 Å². The molecule has 0 radical (unpaired) electrons. The summed E-state index contributed by atoms with van der Waals surface area (Å²) in [6, 6.07) is 47.7. The van der Waals surface area contributed by atoms with E-state index in [0.29, 0.717) is 23.3 Å². The van der Waals surface area contributed by atoms with Crippen molar-refractivity contribution in [3.05, 3.63) is 151 Å². The van der Waals surface area contributed by atoms with E-state index < -0.39 is 0 Å². The van der Waals surface area contributed by atoms with Gasteiger partial charge in [-0.2, -0.15) is 0 Å². The first-order valence-electron chi connectivity index (χ1n) is 18.9. The van der Waals surface area contributed by atoms with Gasteiger partial charge in [0.2, 0.25) is 0 Å². The monoisotopic (exact) mass is 815 g/mol. The van der Waals surface area contributed by atoms with Crippen LogP contribution in [0.15, 0.2) is 128 Å². The number of pyridine rings is 3. The Bertz CT molecular complexity index is 3350. The number of benzene rings is 6. The van der Waals surface area contributed by atoms with Gasteiger partial charge in [0.15, 0.2) is 0 Å². The molecule has 0 aliphatic rings. The standard InChI is InChI=1S/C49H35N5O.Pd/c1-28(2)33-10-9-11-34(29(3)4)47(33)30-16-19-37-35-20-17-31(25-38(35)49-52-42-13-6-8-15-45(42)54(49)46(37)24-30)55-32-18-21-36-39(26-32)48-51-41-12-5-7-14-44(41)53(48)43-22-23-50-27-40(36)43;/h5-24,27-29H,1-4H3;/q-2;+2. The Morgan fingerprint density at radius 2 is 1.09 bits per heavy atom. The molecule has 0 bridgehead atoms. The second-order valence-electron chi connectivity index (χ2n) is 15.1. The van der Waals surface area contributed by atoms with Gasteiger partial charge in [-0.3, -0.25) is 15.0 Å². The molecule has 0 N–H and O–H groups in total. The number of imidazole rings is 2. The predicted octanol–water partition coefficient (Wildman–Crippen LogP) is 12.6. The molecule has 11 aromatic rings. The predicted molar refractivity (Wildman–Crippen MR) is 225 cm³/mol. The van der Waals surface area contributed by atoms with E-state index in [2.05, 4.69) is 126 Å². The maximum Gasteiger partial charge on any atom is 2.00 e. The molecule has 0 unspecified atom stereocenters. The summed E-state index contributed by atoms with van der Waals surface area (Å²) in [4.78, 5) is 14.7. The minimum Gasteiger partial charge on any atom is -0.497 e. The summed E-state index contributed by atoms with van der Waals surface area (Å²) in [6.45, 7) is 9.13. The molecule has 0 aliphatic heterocycles. The second-order valence-corrected chi connectivity index (χ2v) is 15.1. The zero-order valence-corrected chi connectivity index (χ0v) is 32.8. The number of hydrogen-bond acceptors (Lipinski definition) is 4. The van der Waals surface area contributed by atoms with Crippen LogP contribution in [-0.4, -0.2) is 23.8 Å². The quantitative estimate of drug-likeness (QED) is 0.0986. The van der Waals surface area contributed by atoms with Gasteiger partial charge in [0.25, 0.3) is 0 Å². The molecule has 0 saturated carbocycles. The van der Waals surface area contributed by atoms with Crippen molar-refractivity contribution in [2.24, 2.45) is 0 Å². The molecule has 11 rings (SSSR count). The minimum atomic E-state index is 0. The minimum absolute atomic E-state index is 0. The van der Waals surface area contributed by atoms with Crippen LogP contribution in [0, 0.1) is 12.1 Å². The number of hydrogen-bond donors (Lipinski definition) is 0. The van der Waals surface area contributed by atoms with Crippen molar-refractivity contribution in [2.75, 3.05) is 0 Å². The van der Waals surface area contributed by atoms with Gasteiger partial charge in [-0.05, 0) is 81.3 Å². The Balaban J connectivity index is 0.00000384. The molecule has 0 aliphatic carbocycles. The van der Waals surface area contributed by atoms with Gasteiger partial charge in [0.05, 0.1) is 33.4 Å². The third kappa shape index (κ3) is 5.08. The first kappa shape index (κ1) is 34.4. The molecule has 7 heteroatoms. The molecule has 5 aromatic heterocycles. The molecule has 56 heavy (non-hydrogen) atoms. The SMILES string of the molecule is CC(C)c1cccc(C(C)C)c1-c1ccc2c3ccc(Oc4[c-]c5c(cc4)c4cnccc4n4c6ccccc6nc54)[c-]c3c3nc4ccccc4n3c2c1.[Pd+2]. The zero-order chi connectivity index (χ0) is 36.9. The molecule has 0 atom stereocenters. The number of nitrogens with zero attached hydrogens (tertiary/aromatic N) is 5. The van der Waals surface area contributed by atoms with Crippen molar-refractivity contribution in [1.82, 2.24) is 23.8 Å². The van der Waals surface area contributed by atoms with Gasteiger partial charge in [0.1, 0.15) is 0 Å². The van der Waals surface area contributed by atoms with Gasteiger partial charge < -0.3 is 13.5 Å². The first-order valence-corrected chi connectivity index (χ1v) is 18.9. The van der Waals surface area contributed by atoms with E-state index in [4.69, 9.17) is 14.7 Å². The molecule has 6 aromatic carbocycles. The first-order chi connectivity index (χ1) is 26.9. The molecule has 0 saturated heterocycles. The molecule has 6 nitrogen and oxygen atoms in total. The van der Waals surface area contributed by atoms with Crippen molar-refractivity contribution in [3.63, 3.8) is 0 Å². The van der Waals surface area contributed by atoms with Crippen LogP contribution in [0.3, 0.4) is 0 Å². The van der Waals surface area contributed by atoms with Gasteiger partial charge in [0, 0.05) is 34.9 Å². The molecule has 272 valence electrons. The average molecular weight is 816 g/mol. The third-order valence-electron chi connectivity index (χ3n) is 11.1. The van der Waals surface area contributed by atoms with Crippen molar-refractivity contribution < 1.29 is 25.2 Å². The second kappa shape index (κ2) is 13.0. The van der Waals surface area contributed by atoms with E-state index in [1.54, 1.807) is 0 Å². The Morgan fingerprint density at radius 1 is 0.536 bits per heavy atom. The smallest absolute Gasteiger partial charge is 0.497 e. The summed E-state index contributed by atoms with van der Waals surface area (Å²) < 4.78 is 11.1. The van der Waals surface area contributed by atoms with Crippen LogP contribution in [0.5, 0.6) is 11.5 Å². The van der Waals surface area contributed by atoms with Crippen molar-refractivity contribution in [2.45, 2.75) is 39.5 Å². The Kier molecular flexibility index (Phi) is 7.97. The number of ether oxygens (including phenoxy) is 1. The van der Waals surface area contributed by atoms with Gasteiger partial charge in [-0.25, -0.2) is 0 Å². The summed E-state index contributed by atoms with van der Waals surface area (Å²) in [6.07, 6.45) is 3.74. The third-order valence-corrected chi connectivity index (χ3v) is 11.1. The van der Waals surface area contributed by atoms with Crippen molar-refractivity contribution in [1.29, 1.82) is 0 Å². The van der Waals surface area contributed by atoms with Crippen LogP contribution in [0.1, 0.15) is 50.7 Å². The Morgan fingerprint density at radius 3 is 1.70 bits per heavy atom. The largest absolute Gasteiger partial charge is 2.00 e. The average Bonchev–Trinajstić information content (AvgIpc) is 3.81. The molecule has 0 spiro atoms. The molecule has 5 heterocycles. The van der Waals surface area contributed by atoms with E-state index in [1.807, 2.05) is 54.9 Å². The van der Waals surface area contributed by atoms with Crippen LogP contribution < -0.4 is 4.74 Å². The summed E-state index contributed by atoms with van der Waals surface area (Å²) in [5.41, 5.74) is 13.1. The Labute approximate surface area is 337 Å². The maximum absolute atomic E-state index is 6.61. The maximum atomic E-state index is 6.61. The van der Waals surface area contributed by atoms with Crippen LogP contribution >= 0.6 is 0 Å². The summed E-state index contributed by atoms with van der Waals surface area (Å²) >= 11 is 0. The van der Waals surface area contributed by atoms with Crippen LogP contribution in [0.25, 0.3) is 87.8 Å². The van der Waals surface area contributed by atoms with Gasteiger partial charge in [-0.15, -0.1) is 12.1 Å². The van der Waals surface area contributed by atoms with Crippen LogP contribution in [-0.2, 0) is 20.4 Å². The number of para-hydroxylation sites is 4. The molecule has 0 amide bonds. The molecular formula is C49H35N5OPd. The fourth-order valence-corrected chi connectivity index (χ4v) is 8.64. The molecule has 0 fully saturated rings. The van der Waals surface area contributed by atoms with E-state index in [0.717, 1.165) is 76.7 Å². The normalized spacial score (nSPS) is 12.1. The zero-order valence-electron chi connectivity index (χ0n) is 31.2. The van der Waals surface area contributed by atoms with E-state index in [9.17, 15) is 0 Å². The van der Waals surface area contributed by atoms with E-state index in [-0.39, 0.29) is 20.4 Å². The van der Waals surface area contributed by atoms with Gasteiger partial charge >= 0.3 is 20.4 Å². The summed E-state index contributed by atoms with van der Waals surface area (Å²) in [5.74, 6) is 1.96. The van der Waals surface area contributed by atoms with Gasteiger partial charge in [-0.1, -0.05) is 128 Å². The van der Waals surface area contributed by atoms with Crippen molar-refractivity contribution in [3.8, 4) is 22.6 Å². The van der Waals surface area contributed by atoms with Crippen molar-refractivity contribution >= 4 is 76.7 Å². The summed E-state index contributed by atoms with van der Waals surface area (Å²) in [5, 5.41) is 6.04. The summed E-state index contributed by atoms with van der Waals surface area (Å²) in [7, 11) is 0. The van der Waals surface area contributed by atoms with Crippen LogP contribution in [0.2, 0.25) is 0 Å². The Hall–Kier alpha value is -6.13. The molecular weight excluding hydrogens is 781 g/mol. The fourth-order valence-electron chi connectivity index (χ4n) is 8.64. The topological polar surface area (TPSA) is 56.7 Å². The fraction of sp³-hybridized carbons (Fsp3) is 0.122. The van der Waals surface area contributed by atoms with Crippen LogP contribution in [0.4, 0.5) is 0 Å². The van der Waals surface area contributed by atoms with E-state index >= 15 is 0 Å².